The van der Waals surface area contributed by atoms with E-state index < -0.39 is 18.4 Å². The summed E-state index contributed by atoms with van der Waals surface area (Å²) >= 11 is 0. The van der Waals surface area contributed by atoms with Crippen LogP contribution in [-0.4, -0.2) is 17.2 Å². The van der Waals surface area contributed by atoms with Crippen LogP contribution in [0.3, 0.4) is 0 Å². The molecule has 0 radical (unpaired) electrons. The van der Waals surface area contributed by atoms with Gasteiger partial charge in [0.05, 0.1) is 12.2 Å². The van der Waals surface area contributed by atoms with E-state index in [-0.39, 0.29) is 17.2 Å². The molecule has 0 bridgehead atoms. The molecule has 3 aliphatic rings. The fraction of sp³-hybridized carbons (Fsp3) is 0.741. The summed E-state index contributed by atoms with van der Waals surface area (Å²) in [5.74, 6) is 2.64. The molecule has 0 spiro atoms. The highest BCUT2D eigenvalue weighted by Gasteiger charge is 2.38. The number of aliphatic hydroxyl groups is 1. The first kappa shape index (κ1) is 22.8. The zero-order valence-electron chi connectivity index (χ0n) is 19.2. The van der Waals surface area contributed by atoms with E-state index in [1.807, 2.05) is 0 Å². The van der Waals surface area contributed by atoms with Crippen molar-refractivity contribution in [3.05, 3.63) is 34.6 Å². The Morgan fingerprint density at radius 1 is 1.06 bits per heavy atom. The van der Waals surface area contributed by atoms with E-state index in [0.29, 0.717) is 12.3 Å². The zero-order chi connectivity index (χ0) is 22.0. The molecule has 0 amide bonds. The number of carbonyl (C=O) groups excluding carboxylic acids is 1. The maximum absolute atomic E-state index is 14.5. The van der Waals surface area contributed by atoms with Gasteiger partial charge in [-0.1, -0.05) is 51.7 Å². The molecular weight excluding hydrogens is 391 g/mol. The van der Waals surface area contributed by atoms with Crippen molar-refractivity contribution in [3.8, 4) is 0 Å². The molecule has 2 saturated carbocycles. The number of esters is 1. The molecule has 0 saturated heterocycles. The third-order valence-electron chi connectivity index (χ3n) is 8.78. The summed E-state index contributed by atoms with van der Waals surface area (Å²) in [4.78, 5) is 12.5. The third kappa shape index (κ3) is 4.84. The van der Waals surface area contributed by atoms with E-state index in [1.54, 1.807) is 12.1 Å². The number of rotatable bonds is 6. The summed E-state index contributed by atoms with van der Waals surface area (Å²) in [5, 5.41) is 9.27. The van der Waals surface area contributed by atoms with E-state index >= 15 is 0 Å². The Balaban J connectivity index is 1.31. The Bertz CT molecular complexity index is 760. The third-order valence-corrected chi connectivity index (χ3v) is 8.78. The first-order valence-corrected chi connectivity index (χ1v) is 12.6. The van der Waals surface area contributed by atoms with Gasteiger partial charge in [0.15, 0.2) is 0 Å². The summed E-state index contributed by atoms with van der Waals surface area (Å²) in [7, 11) is 0. The van der Waals surface area contributed by atoms with Crippen molar-refractivity contribution < 1.29 is 19.0 Å². The second-order valence-electron chi connectivity index (χ2n) is 10.5. The molecule has 1 heterocycles. The van der Waals surface area contributed by atoms with Gasteiger partial charge in [0, 0.05) is 12.0 Å². The number of cyclic esters (lactones) is 1. The van der Waals surface area contributed by atoms with E-state index in [1.165, 1.54) is 51.4 Å². The average Bonchev–Trinajstić information content (AvgIpc) is 2.79. The molecule has 2 fully saturated rings. The van der Waals surface area contributed by atoms with E-state index in [0.717, 1.165) is 42.1 Å². The fourth-order valence-electron chi connectivity index (χ4n) is 6.73. The molecule has 4 rings (SSSR count). The van der Waals surface area contributed by atoms with Crippen LogP contribution < -0.4 is 0 Å². The number of hydrogen-bond donors (Lipinski definition) is 1. The second kappa shape index (κ2) is 10.0. The van der Waals surface area contributed by atoms with Crippen molar-refractivity contribution in [3.63, 3.8) is 0 Å². The van der Waals surface area contributed by atoms with Crippen LogP contribution >= 0.6 is 0 Å². The van der Waals surface area contributed by atoms with Gasteiger partial charge < -0.3 is 9.84 Å². The van der Waals surface area contributed by atoms with Crippen LogP contribution in [0.4, 0.5) is 4.39 Å². The minimum absolute atomic E-state index is 0.0313. The van der Waals surface area contributed by atoms with Gasteiger partial charge >= 0.3 is 5.97 Å². The van der Waals surface area contributed by atoms with Crippen LogP contribution in [0.5, 0.6) is 0 Å². The molecule has 0 aromatic heterocycles. The standard InChI is InChI=1S/C27H39FO3/c1-3-4-18-5-7-19(8-6-18)17(2)20-9-11-21(12-10-20)24-15-22-13-14-23(16-29)26(28)25(22)27(30)31-24/h13-14,17-21,24,29H,3-12,15-16H2,1-2H3. The highest BCUT2D eigenvalue weighted by Crippen LogP contribution is 2.44. The van der Waals surface area contributed by atoms with Crippen LogP contribution in [0.25, 0.3) is 0 Å². The largest absolute Gasteiger partial charge is 0.458 e. The van der Waals surface area contributed by atoms with Crippen LogP contribution in [0.1, 0.15) is 99.5 Å². The Kier molecular flexibility index (Phi) is 7.36. The molecule has 3 nitrogen and oxygen atoms in total. The minimum atomic E-state index is -0.616. The highest BCUT2D eigenvalue weighted by molar-refractivity contribution is 5.92. The SMILES string of the molecule is CCCC1CCC(C(C)C2CCC(C3Cc4ccc(CO)c(F)c4C(=O)O3)CC2)CC1. The summed E-state index contributed by atoms with van der Waals surface area (Å²) < 4.78 is 20.2. The van der Waals surface area contributed by atoms with Gasteiger partial charge in [0.2, 0.25) is 0 Å². The number of hydrogen-bond acceptors (Lipinski definition) is 3. The smallest absolute Gasteiger partial charge is 0.341 e. The fourth-order valence-corrected chi connectivity index (χ4v) is 6.73. The van der Waals surface area contributed by atoms with E-state index in [9.17, 15) is 14.3 Å². The van der Waals surface area contributed by atoms with Crippen molar-refractivity contribution in [1.82, 2.24) is 0 Å². The Hall–Kier alpha value is -1.42. The maximum Gasteiger partial charge on any atom is 0.341 e. The second-order valence-corrected chi connectivity index (χ2v) is 10.5. The van der Waals surface area contributed by atoms with Crippen LogP contribution in [0, 0.1) is 35.4 Å². The predicted octanol–water partition coefficient (Wildman–Crippen LogP) is 6.45. The number of fused-ring (bicyclic) bond motifs is 1. The maximum atomic E-state index is 14.5. The number of carbonyl (C=O) groups is 1. The molecule has 1 N–H and O–H groups in total. The molecule has 1 aromatic carbocycles. The quantitative estimate of drug-likeness (QED) is 0.528. The normalized spacial score (nSPS) is 32.3. The van der Waals surface area contributed by atoms with Crippen LogP contribution in [0.2, 0.25) is 0 Å². The summed E-state index contributed by atoms with van der Waals surface area (Å²) in [6.07, 6.45) is 13.5. The summed E-state index contributed by atoms with van der Waals surface area (Å²) in [6, 6.07) is 3.39. The number of aliphatic hydroxyl groups excluding tert-OH is 1. The number of ether oxygens (including phenoxy) is 1. The van der Waals surface area contributed by atoms with Gasteiger partial charge in [-0.3, -0.25) is 0 Å². The van der Waals surface area contributed by atoms with E-state index in [4.69, 9.17) is 4.74 Å². The molecule has 2 aliphatic carbocycles. The van der Waals surface area contributed by atoms with Gasteiger partial charge in [0.25, 0.3) is 0 Å². The lowest BCUT2D eigenvalue weighted by Crippen LogP contribution is -2.37. The minimum Gasteiger partial charge on any atom is -0.458 e. The van der Waals surface area contributed by atoms with Gasteiger partial charge in [0.1, 0.15) is 11.9 Å². The lowest BCUT2D eigenvalue weighted by atomic mass is 9.66. The van der Waals surface area contributed by atoms with Crippen molar-refractivity contribution in [2.24, 2.45) is 29.6 Å². The highest BCUT2D eigenvalue weighted by atomic mass is 19.1. The van der Waals surface area contributed by atoms with Gasteiger partial charge in [-0.25, -0.2) is 9.18 Å². The predicted molar refractivity (Wildman–Crippen MR) is 120 cm³/mol. The molecule has 31 heavy (non-hydrogen) atoms. The zero-order valence-corrected chi connectivity index (χ0v) is 19.2. The molecule has 4 heteroatoms. The van der Waals surface area contributed by atoms with Crippen LogP contribution in [0.15, 0.2) is 12.1 Å². The van der Waals surface area contributed by atoms with Crippen LogP contribution in [-0.2, 0) is 17.8 Å². The topological polar surface area (TPSA) is 46.5 Å². The van der Waals surface area contributed by atoms with E-state index in [2.05, 4.69) is 13.8 Å². The molecule has 2 atom stereocenters. The van der Waals surface area contributed by atoms with Crippen molar-refractivity contribution in [2.75, 3.05) is 0 Å². The monoisotopic (exact) mass is 430 g/mol. The Morgan fingerprint density at radius 2 is 1.71 bits per heavy atom. The Morgan fingerprint density at radius 3 is 2.32 bits per heavy atom. The number of benzene rings is 1. The molecule has 2 unspecified atom stereocenters. The van der Waals surface area contributed by atoms with Gasteiger partial charge in [-0.2, -0.15) is 0 Å². The van der Waals surface area contributed by atoms with Crippen molar-refractivity contribution >= 4 is 5.97 Å². The van der Waals surface area contributed by atoms with Gasteiger partial charge in [-0.05, 0) is 73.7 Å². The Labute approximate surface area is 186 Å². The molecule has 172 valence electrons. The van der Waals surface area contributed by atoms with Gasteiger partial charge in [-0.15, -0.1) is 0 Å². The lowest BCUT2D eigenvalue weighted by molar-refractivity contribution is -0.00451. The number of halogens is 1. The first-order chi connectivity index (χ1) is 15.0. The first-order valence-electron chi connectivity index (χ1n) is 12.6. The lowest BCUT2D eigenvalue weighted by Gasteiger charge is -2.41. The average molecular weight is 431 g/mol. The van der Waals surface area contributed by atoms with Crippen molar-refractivity contribution in [1.29, 1.82) is 0 Å². The molecule has 1 aliphatic heterocycles. The molecular formula is C27H39FO3. The molecule has 1 aromatic rings. The summed E-state index contributed by atoms with van der Waals surface area (Å²) in [5.41, 5.74) is 0.923. The van der Waals surface area contributed by atoms with Crippen molar-refractivity contribution in [2.45, 2.75) is 97.2 Å². The summed E-state index contributed by atoms with van der Waals surface area (Å²) in [6.45, 7) is 4.38.